The third-order valence-electron chi connectivity index (χ3n) is 6.19. The number of rotatable bonds is 7. The lowest BCUT2D eigenvalue weighted by Crippen LogP contribution is -2.54. The Morgan fingerprint density at radius 3 is 2.74 bits per heavy atom. The van der Waals surface area contributed by atoms with Gasteiger partial charge in [0.05, 0.1) is 5.52 Å². The van der Waals surface area contributed by atoms with Crippen LogP contribution in [0.1, 0.15) is 13.8 Å². The molecule has 5 rings (SSSR count). The predicted octanol–water partition coefficient (Wildman–Crippen LogP) is 1.50. The average molecular weight is 478 g/mol. The molecular formula is C24H31N9O2. The number of likely N-dealkylation sites (N-methyl/N-ethyl adjacent to an activating group) is 1. The van der Waals surface area contributed by atoms with Gasteiger partial charge in [0.25, 0.3) is 11.3 Å². The molecule has 0 radical (unpaired) electrons. The maximum absolute atomic E-state index is 12.7. The van der Waals surface area contributed by atoms with E-state index in [1.165, 1.54) is 6.33 Å². The zero-order chi connectivity index (χ0) is 24.5. The molecule has 0 bridgehead atoms. The van der Waals surface area contributed by atoms with E-state index in [-0.39, 0.29) is 5.56 Å². The Kier molecular flexibility index (Phi) is 6.27. The molecule has 0 unspecified atom stereocenters. The Bertz CT molecular complexity index is 1400. The lowest BCUT2D eigenvalue weighted by atomic mass is 10.1. The van der Waals surface area contributed by atoms with Gasteiger partial charge < -0.3 is 30.2 Å². The fourth-order valence-corrected chi connectivity index (χ4v) is 4.61. The Morgan fingerprint density at radius 1 is 1.17 bits per heavy atom. The van der Waals surface area contributed by atoms with E-state index in [1.54, 1.807) is 22.2 Å². The number of ether oxygens (including phenoxy) is 1. The standard InChI is InChI=1S/C24H31N9O2/c1-15-12-32(13-16(2)28-15)21-11-22(33-24(30-21)26-14-27-33)29-18-5-6-19-17(9-18)10-20(23(34)31(19)4)35-8-7-25-3/h5-6,9-11,14-16,25,28-29H,7-8,12-13H2,1-4H3/t15-,16+. The lowest BCUT2D eigenvalue weighted by molar-refractivity contribution is 0.313. The number of hydrogen-bond donors (Lipinski definition) is 3. The Morgan fingerprint density at radius 2 is 1.97 bits per heavy atom. The van der Waals surface area contributed by atoms with Gasteiger partial charge in [0.1, 0.15) is 24.6 Å². The van der Waals surface area contributed by atoms with E-state index < -0.39 is 0 Å². The molecule has 0 amide bonds. The normalized spacial score (nSPS) is 18.3. The average Bonchev–Trinajstić information content (AvgIpc) is 3.31. The lowest BCUT2D eigenvalue weighted by Gasteiger charge is -2.37. The van der Waals surface area contributed by atoms with Crippen molar-refractivity contribution in [2.45, 2.75) is 25.9 Å². The van der Waals surface area contributed by atoms with E-state index in [2.05, 4.69) is 44.8 Å². The van der Waals surface area contributed by atoms with Gasteiger partial charge in [-0.2, -0.15) is 19.6 Å². The first kappa shape index (κ1) is 23.1. The van der Waals surface area contributed by atoms with Crippen LogP contribution in [-0.2, 0) is 7.05 Å². The van der Waals surface area contributed by atoms with Crippen LogP contribution >= 0.6 is 0 Å². The van der Waals surface area contributed by atoms with Crippen molar-refractivity contribution in [2.24, 2.45) is 7.05 Å². The molecule has 3 aromatic heterocycles. The number of anilines is 3. The third kappa shape index (κ3) is 4.64. The van der Waals surface area contributed by atoms with Crippen LogP contribution < -0.4 is 31.1 Å². The highest BCUT2D eigenvalue weighted by molar-refractivity contribution is 5.85. The van der Waals surface area contributed by atoms with Crippen molar-refractivity contribution in [3.05, 3.63) is 47.0 Å². The number of aryl methyl sites for hydroxylation is 1. The van der Waals surface area contributed by atoms with Gasteiger partial charge in [-0.1, -0.05) is 0 Å². The van der Waals surface area contributed by atoms with Gasteiger partial charge in [-0.15, -0.1) is 0 Å². The summed E-state index contributed by atoms with van der Waals surface area (Å²) in [7, 11) is 3.60. The smallest absolute Gasteiger partial charge is 0.293 e. The highest BCUT2D eigenvalue weighted by Crippen LogP contribution is 2.26. The second kappa shape index (κ2) is 9.51. The molecule has 184 valence electrons. The zero-order valence-corrected chi connectivity index (χ0v) is 20.4. The summed E-state index contributed by atoms with van der Waals surface area (Å²) in [5, 5.41) is 15.3. The first-order valence-corrected chi connectivity index (χ1v) is 11.8. The minimum atomic E-state index is -0.156. The number of aromatic nitrogens is 5. The fraction of sp³-hybridized carbons (Fsp3) is 0.417. The number of fused-ring (bicyclic) bond motifs is 2. The van der Waals surface area contributed by atoms with E-state index in [1.807, 2.05) is 31.3 Å². The van der Waals surface area contributed by atoms with E-state index in [9.17, 15) is 4.79 Å². The van der Waals surface area contributed by atoms with Crippen LogP contribution in [0.2, 0.25) is 0 Å². The van der Waals surface area contributed by atoms with E-state index in [4.69, 9.17) is 9.72 Å². The van der Waals surface area contributed by atoms with Gasteiger partial charge in [0.15, 0.2) is 5.75 Å². The summed E-state index contributed by atoms with van der Waals surface area (Å²) in [5.74, 6) is 2.49. The summed E-state index contributed by atoms with van der Waals surface area (Å²) < 4.78 is 9.02. The molecule has 1 aromatic carbocycles. The van der Waals surface area contributed by atoms with Crippen molar-refractivity contribution in [2.75, 3.05) is 43.5 Å². The first-order valence-electron chi connectivity index (χ1n) is 11.8. The monoisotopic (exact) mass is 477 g/mol. The predicted molar refractivity (Wildman–Crippen MR) is 137 cm³/mol. The molecule has 4 aromatic rings. The van der Waals surface area contributed by atoms with Crippen molar-refractivity contribution in [3.8, 4) is 5.75 Å². The number of benzene rings is 1. The number of nitrogens with one attached hydrogen (secondary N) is 3. The van der Waals surface area contributed by atoms with Gasteiger partial charge in [0, 0.05) is 55.9 Å². The molecule has 11 heteroatoms. The van der Waals surface area contributed by atoms with Gasteiger partial charge in [0.2, 0.25) is 0 Å². The summed E-state index contributed by atoms with van der Waals surface area (Å²) in [6, 6.07) is 10.4. The van der Waals surface area contributed by atoms with Crippen LogP contribution in [0.3, 0.4) is 0 Å². The maximum atomic E-state index is 12.7. The summed E-state index contributed by atoms with van der Waals surface area (Å²) in [5.41, 5.74) is 1.52. The molecule has 2 atom stereocenters. The summed E-state index contributed by atoms with van der Waals surface area (Å²) in [6.45, 7) is 7.16. The highest BCUT2D eigenvalue weighted by Gasteiger charge is 2.23. The molecule has 1 aliphatic rings. The summed E-state index contributed by atoms with van der Waals surface area (Å²) >= 11 is 0. The van der Waals surface area contributed by atoms with Crippen LogP contribution in [0.15, 0.2) is 41.5 Å². The van der Waals surface area contributed by atoms with Crippen molar-refractivity contribution in [1.29, 1.82) is 0 Å². The molecule has 1 saturated heterocycles. The van der Waals surface area contributed by atoms with Crippen LogP contribution in [-0.4, -0.2) is 69.5 Å². The Labute approximate surface area is 203 Å². The minimum Gasteiger partial charge on any atom is -0.487 e. The number of piperazine rings is 1. The highest BCUT2D eigenvalue weighted by atomic mass is 16.5. The molecule has 1 fully saturated rings. The third-order valence-corrected chi connectivity index (χ3v) is 6.19. The second-order valence-electron chi connectivity index (χ2n) is 9.07. The van der Waals surface area contributed by atoms with Crippen molar-refractivity contribution in [1.82, 2.24) is 34.8 Å². The minimum absolute atomic E-state index is 0.156. The van der Waals surface area contributed by atoms with Gasteiger partial charge >= 0.3 is 0 Å². The molecule has 4 heterocycles. The quantitative estimate of drug-likeness (QED) is 0.341. The fourth-order valence-electron chi connectivity index (χ4n) is 4.61. The largest absolute Gasteiger partial charge is 0.487 e. The van der Waals surface area contributed by atoms with Crippen molar-refractivity contribution >= 4 is 34.0 Å². The van der Waals surface area contributed by atoms with Crippen molar-refractivity contribution < 1.29 is 4.74 Å². The maximum Gasteiger partial charge on any atom is 0.293 e. The first-order chi connectivity index (χ1) is 16.9. The number of pyridine rings is 1. The Balaban J connectivity index is 1.50. The molecule has 1 aliphatic heterocycles. The molecule has 3 N–H and O–H groups in total. The molecule has 0 saturated carbocycles. The Hall–Kier alpha value is -3.70. The molecule has 0 aliphatic carbocycles. The summed E-state index contributed by atoms with van der Waals surface area (Å²) in [4.78, 5) is 24.0. The molecular weight excluding hydrogens is 446 g/mol. The van der Waals surface area contributed by atoms with E-state index in [0.717, 1.165) is 41.3 Å². The van der Waals surface area contributed by atoms with Crippen LogP contribution in [0, 0.1) is 0 Å². The van der Waals surface area contributed by atoms with Crippen LogP contribution in [0.25, 0.3) is 16.7 Å². The summed E-state index contributed by atoms with van der Waals surface area (Å²) in [6.07, 6.45) is 1.51. The van der Waals surface area contributed by atoms with Crippen LogP contribution in [0.4, 0.5) is 17.3 Å². The number of hydrogen-bond acceptors (Lipinski definition) is 9. The second-order valence-corrected chi connectivity index (χ2v) is 9.07. The number of nitrogens with zero attached hydrogens (tertiary/aromatic N) is 6. The molecule has 11 nitrogen and oxygen atoms in total. The topological polar surface area (TPSA) is 114 Å². The van der Waals surface area contributed by atoms with Gasteiger partial charge in [-0.05, 0) is 45.2 Å². The van der Waals surface area contributed by atoms with E-state index in [0.29, 0.717) is 36.8 Å². The van der Waals surface area contributed by atoms with Crippen molar-refractivity contribution in [3.63, 3.8) is 0 Å². The molecule has 35 heavy (non-hydrogen) atoms. The zero-order valence-electron chi connectivity index (χ0n) is 20.4. The van der Waals surface area contributed by atoms with Gasteiger partial charge in [-0.25, -0.2) is 0 Å². The molecule has 0 spiro atoms. The SMILES string of the molecule is CNCCOc1cc2cc(Nc3cc(N4C[C@@H](C)N[C@@H](C)C4)nc4ncnn34)ccc2n(C)c1=O. The van der Waals surface area contributed by atoms with Crippen LogP contribution in [0.5, 0.6) is 5.75 Å². The van der Waals surface area contributed by atoms with Gasteiger partial charge in [-0.3, -0.25) is 4.79 Å². The van der Waals surface area contributed by atoms with E-state index >= 15 is 0 Å².